The number of nitro benzene ring substituents is 1. The van der Waals surface area contributed by atoms with Gasteiger partial charge in [0, 0.05) is 29.6 Å². The third kappa shape index (κ3) is 5.10. The zero-order valence-corrected chi connectivity index (χ0v) is 20.2. The maximum Gasteiger partial charge on any atom is 0.356 e. The van der Waals surface area contributed by atoms with E-state index in [1.807, 2.05) is 18.2 Å². The number of benzene rings is 2. The number of aromatic nitrogens is 1. The second kappa shape index (κ2) is 10.2. The van der Waals surface area contributed by atoms with Crippen LogP contribution in [-0.2, 0) is 19.5 Å². The van der Waals surface area contributed by atoms with Crippen molar-refractivity contribution in [2.24, 2.45) is 0 Å². The fourth-order valence-corrected chi connectivity index (χ4v) is 5.80. The molecule has 1 aromatic heterocycles. The van der Waals surface area contributed by atoms with Crippen LogP contribution in [0.4, 0.5) is 5.69 Å². The molecule has 0 radical (unpaired) electrons. The number of hydrogen-bond acceptors (Lipinski definition) is 8. The molecule has 1 saturated heterocycles. The summed E-state index contributed by atoms with van der Waals surface area (Å²) in [4.78, 5) is 25.7. The standard InChI is InChI=1S/C22H22ClN3O8S/c1-2-32-22(27)20-21(17-10-14(23)11-18(26(28)29)19(17)24-20)35(30,31)25-8-9-33-16(12-25)13-34-15-6-4-3-5-7-15/h3-7,10-11,16,24H,2,8-9,12-13H2,1H3. The zero-order valence-electron chi connectivity index (χ0n) is 18.6. The van der Waals surface area contributed by atoms with Gasteiger partial charge in [-0.05, 0) is 25.1 Å². The van der Waals surface area contributed by atoms with Crippen LogP contribution in [0, 0.1) is 10.1 Å². The number of aromatic amines is 1. The lowest BCUT2D eigenvalue weighted by Gasteiger charge is -2.32. The van der Waals surface area contributed by atoms with Gasteiger partial charge < -0.3 is 19.2 Å². The smallest absolute Gasteiger partial charge is 0.356 e. The number of halogens is 1. The van der Waals surface area contributed by atoms with Gasteiger partial charge in [-0.3, -0.25) is 10.1 Å². The summed E-state index contributed by atoms with van der Waals surface area (Å²) in [5.74, 6) is -0.343. The number of H-pyrrole nitrogens is 1. The number of nitrogens with one attached hydrogen (secondary N) is 1. The van der Waals surface area contributed by atoms with Gasteiger partial charge in [0.1, 0.15) is 34.6 Å². The number of hydrogen-bond donors (Lipinski definition) is 1. The summed E-state index contributed by atoms with van der Waals surface area (Å²) < 4.78 is 45.1. The number of morpholine rings is 1. The molecule has 2 aromatic carbocycles. The molecule has 0 saturated carbocycles. The van der Waals surface area contributed by atoms with Crippen LogP contribution in [0.3, 0.4) is 0 Å². The Labute approximate surface area is 205 Å². The van der Waals surface area contributed by atoms with Gasteiger partial charge in [0.2, 0.25) is 10.0 Å². The molecule has 3 aromatic rings. The molecular weight excluding hydrogens is 502 g/mol. The van der Waals surface area contributed by atoms with Gasteiger partial charge in [-0.1, -0.05) is 29.8 Å². The van der Waals surface area contributed by atoms with Crippen LogP contribution in [0.2, 0.25) is 5.02 Å². The number of nitrogens with zero attached hydrogens (tertiary/aromatic N) is 2. The summed E-state index contributed by atoms with van der Waals surface area (Å²) in [6, 6.07) is 11.4. The fourth-order valence-electron chi connectivity index (χ4n) is 3.82. The predicted octanol–water partition coefficient (Wildman–Crippen LogP) is 3.37. The second-order valence-corrected chi connectivity index (χ2v) is 9.95. The van der Waals surface area contributed by atoms with E-state index >= 15 is 0 Å². The molecule has 4 rings (SSSR count). The number of fused-ring (bicyclic) bond motifs is 1. The summed E-state index contributed by atoms with van der Waals surface area (Å²) in [6.45, 7) is 1.71. The number of carbonyl (C=O) groups is 1. The van der Waals surface area contributed by atoms with Crippen molar-refractivity contribution in [3.63, 3.8) is 0 Å². The molecular formula is C22H22ClN3O8S. The molecule has 1 N–H and O–H groups in total. The topological polar surface area (TPSA) is 141 Å². The average molecular weight is 524 g/mol. The van der Waals surface area contributed by atoms with Crippen LogP contribution in [-0.4, -0.2) is 67.6 Å². The number of para-hydroxylation sites is 1. The van der Waals surface area contributed by atoms with Crippen molar-refractivity contribution < 1.29 is 32.3 Å². The highest BCUT2D eigenvalue weighted by atomic mass is 35.5. The predicted molar refractivity (Wildman–Crippen MR) is 126 cm³/mol. The first kappa shape index (κ1) is 24.9. The molecule has 11 nitrogen and oxygen atoms in total. The van der Waals surface area contributed by atoms with E-state index in [1.54, 1.807) is 19.1 Å². The Balaban J connectivity index is 1.72. The molecule has 0 spiro atoms. The van der Waals surface area contributed by atoms with Crippen LogP contribution in [0.1, 0.15) is 17.4 Å². The molecule has 0 amide bonds. The van der Waals surface area contributed by atoms with Crippen molar-refractivity contribution in [3.8, 4) is 5.75 Å². The summed E-state index contributed by atoms with van der Waals surface area (Å²) in [6.07, 6.45) is -0.576. The van der Waals surface area contributed by atoms with Crippen molar-refractivity contribution in [2.75, 3.05) is 32.9 Å². The highest BCUT2D eigenvalue weighted by Gasteiger charge is 2.38. The Morgan fingerprint density at radius 2 is 2.06 bits per heavy atom. The van der Waals surface area contributed by atoms with Gasteiger partial charge in [-0.2, -0.15) is 4.31 Å². The summed E-state index contributed by atoms with van der Waals surface area (Å²) >= 11 is 6.07. The minimum atomic E-state index is -4.33. The third-order valence-corrected chi connectivity index (χ3v) is 7.53. The molecule has 1 aliphatic heterocycles. The first-order chi connectivity index (χ1) is 16.7. The minimum absolute atomic E-state index is 0.0156. The molecule has 35 heavy (non-hydrogen) atoms. The second-order valence-electron chi connectivity index (χ2n) is 7.63. The molecule has 1 unspecified atom stereocenters. The van der Waals surface area contributed by atoms with Gasteiger partial charge in [-0.15, -0.1) is 0 Å². The van der Waals surface area contributed by atoms with E-state index in [4.69, 9.17) is 25.8 Å². The molecule has 1 aliphatic rings. The molecule has 0 aliphatic carbocycles. The van der Waals surface area contributed by atoms with Gasteiger partial charge in [0.15, 0.2) is 0 Å². The Morgan fingerprint density at radius 1 is 1.31 bits per heavy atom. The third-order valence-electron chi connectivity index (χ3n) is 5.36. The molecule has 2 heterocycles. The molecule has 186 valence electrons. The number of ether oxygens (including phenoxy) is 3. The van der Waals surface area contributed by atoms with Crippen molar-refractivity contribution in [1.29, 1.82) is 0 Å². The molecule has 1 fully saturated rings. The highest BCUT2D eigenvalue weighted by molar-refractivity contribution is 7.89. The van der Waals surface area contributed by atoms with E-state index in [0.29, 0.717) is 5.75 Å². The Morgan fingerprint density at radius 3 is 2.74 bits per heavy atom. The number of carbonyl (C=O) groups excluding carboxylic acids is 1. The minimum Gasteiger partial charge on any atom is -0.491 e. The largest absolute Gasteiger partial charge is 0.491 e. The lowest BCUT2D eigenvalue weighted by molar-refractivity contribution is -0.383. The van der Waals surface area contributed by atoms with Crippen LogP contribution in [0.15, 0.2) is 47.4 Å². The maximum atomic E-state index is 13.8. The Bertz CT molecular complexity index is 1360. The van der Waals surface area contributed by atoms with Crippen LogP contribution in [0.5, 0.6) is 5.75 Å². The zero-order chi connectivity index (χ0) is 25.2. The lowest BCUT2D eigenvalue weighted by Crippen LogP contribution is -2.47. The molecule has 1 atom stereocenters. The first-order valence-corrected chi connectivity index (χ1v) is 12.5. The quantitative estimate of drug-likeness (QED) is 0.269. The van der Waals surface area contributed by atoms with Crippen molar-refractivity contribution >= 4 is 44.2 Å². The Kier molecular flexibility index (Phi) is 7.26. The van der Waals surface area contributed by atoms with Crippen molar-refractivity contribution in [3.05, 3.63) is 63.3 Å². The monoisotopic (exact) mass is 523 g/mol. The normalized spacial score (nSPS) is 16.8. The number of esters is 1. The highest BCUT2D eigenvalue weighted by Crippen LogP contribution is 2.37. The van der Waals surface area contributed by atoms with Crippen molar-refractivity contribution in [2.45, 2.75) is 17.9 Å². The lowest BCUT2D eigenvalue weighted by atomic mass is 10.2. The summed E-state index contributed by atoms with van der Waals surface area (Å²) in [7, 11) is -4.33. The van der Waals surface area contributed by atoms with Gasteiger partial charge in [-0.25, -0.2) is 13.2 Å². The van der Waals surface area contributed by atoms with Gasteiger partial charge in [0.25, 0.3) is 5.69 Å². The van der Waals surface area contributed by atoms with E-state index in [1.165, 1.54) is 6.07 Å². The van der Waals surface area contributed by atoms with Gasteiger partial charge >= 0.3 is 5.97 Å². The van der Waals surface area contributed by atoms with Crippen LogP contribution < -0.4 is 4.74 Å². The molecule has 0 bridgehead atoms. The SMILES string of the molecule is CCOC(=O)c1[nH]c2c([N+](=O)[O-])cc(Cl)cc2c1S(=O)(=O)N1CCOC(COc2ccccc2)C1. The number of rotatable bonds is 8. The van der Waals surface area contributed by atoms with Crippen molar-refractivity contribution in [1.82, 2.24) is 9.29 Å². The molecule has 13 heteroatoms. The number of non-ortho nitro benzene ring substituents is 1. The van der Waals surface area contributed by atoms with E-state index < -0.39 is 43.3 Å². The van der Waals surface area contributed by atoms with Crippen LogP contribution >= 0.6 is 11.6 Å². The first-order valence-electron chi connectivity index (χ1n) is 10.7. The summed E-state index contributed by atoms with van der Waals surface area (Å²) in [5, 5.41) is 11.5. The number of nitro groups is 1. The maximum absolute atomic E-state index is 13.8. The van der Waals surface area contributed by atoms with E-state index in [-0.39, 0.29) is 48.8 Å². The number of sulfonamides is 1. The van der Waals surface area contributed by atoms with E-state index in [0.717, 1.165) is 10.4 Å². The van der Waals surface area contributed by atoms with Crippen LogP contribution in [0.25, 0.3) is 10.9 Å². The van der Waals surface area contributed by atoms with E-state index in [9.17, 15) is 23.3 Å². The fraction of sp³-hybridized carbons (Fsp3) is 0.318. The average Bonchev–Trinajstić information content (AvgIpc) is 3.23. The van der Waals surface area contributed by atoms with E-state index in [2.05, 4.69) is 4.98 Å². The summed E-state index contributed by atoms with van der Waals surface area (Å²) in [5.41, 5.74) is -1.01. The van der Waals surface area contributed by atoms with Gasteiger partial charge in [0.05, 0.1) is 18.1 Å². The Hall–Kier alpha value is -3.19.